The smallest absolute Gasteiger partial charge is 0.287 e. The molecule has 3 rings (SSSR count). The van der Waals surface area contributed by atoms with Crippen molar-refractivity contribution in [2.75, 3.05) is 24.3 Å². The first-order valence-electron chi connectivity index (χ1n) is 8.76. The van der Waals surface area contributed by atoms with Crippen molar-refractivity contribution < 1.29 is 9.21 Å². The summed E-state index contributed by atoms with van der Waals surface area (Å²) in [6, 6.07) is 3.92. The molecule has 8 heteroatoms. The highest BCUT2D eigenvalue weighted by molar-refractivity contribution is 9.10. The third kappa shape index (κ3) is 4.55. The Kier molecular flexibility index (Phi) is 5.80. The molecule has 2 aromatic rings. The maximum absolute atomic E-state index is 12.2. The molecule has 2 N–H and O–H groups in total. The van der Waals surface area contributed by atoms with Crippen LogP contribution in [0.5, 0.6) is 0 Å². The minimum Gasteiger partial charge on any atom is -0.444 e. The zero-order chi connectivity index (χ0) is 18.7. The molecule has 0 atom stereocenters. The second-order valence-electron chi connectivity index (χ2n) is 6.87. The van der Waals surface area contributed by atoms with Crippen LogP contribution < -0.4 is 15.5 Å². The van der Waals surface area contributed by atoms with Crippen LogP contribution in [0.15, 0.2) is 27.4 Å². The molecule has 2 aromatic heterocycles. The van der Waals surface area contributed by atoms with Crippen molar-refractivity contribution in [3.8, 4) is 0 Å². The zero-order valence-corrected chi connectivity index (χ0v) is 16.8. The highest BCUT2D eigenvalue weighted by atomic mass is 79.9. The number of anilines is 2. The lowest BCUT2D eigenvalue weighted by Crippen LogP contribution is -2.40. The summed E-state index contributed by atoms with van der Waals surface area (Å²) < 4.78 is 5.87. The van der Waals surface area contributed by atoms with Crippen LogP contribution in [-0.4, -0.2) is 42.1 Å². The summed E-state index contributed by atoms with van der Waals surface area (Å²) >= 11 is 3.22. The fourth-order valence-corrected chi connectivity index (χ4v) is 3.37. The van der Waals surface area contributed by atoms with Gasteiger partial charge in [0.15, 0.2) is 10.4 Å². The van der Waals surface area contributed by atoms with Crippen LogP contribution in [-0.2, 0) is 0 Å². The molecule has 1 aliphatic rings. The highest BCUT2D eigenvalue weighted by Crippen LogP contribution is 2.24. The number of hydrogen-bond donors (Lipinski definition) is 2. The van der Waals surface area contributed by atoms with Crippen molar-refractivity contribution in [2.24, 2.45) is 0 Å². The standard InChI is InChI=1S/C18H24BrN5O2/c1-11-10-20-18(24(2)3)23-16(11)21-12-4-6-13(7-5-12)22-17(25)14-8-9-15(19)26-14/h8-10,12-13H,4-7H2,1-3H3,(H,22,25)(H,20,21,23). The molecule has 0 bridgehead atoms. The molecule has 26 heavy (non-hydrogen) atoms. The number of nitrogens with one attached hydrogen (secondary N) is 2. The van der Waals surface area contributed by atoms with E-state index in [0.717, 1.165) is 37.1 Å². The molecule has 2 heterocycles. The first-order valence-corrected chi connectivity index (χ1v) is 9.55. The van der Waals surface area contributed by atoms with Gasteiger partial charge in [-0.1, -0.05) is 0 Å². The lowest BCUT2D eigenvalue weighted by Gasteiger charge is -2.30. The van der Waals surface area contributed by atoms with E-state index in [1.165, 1.54) is 0 Å². The lowest BCUT2D eigenvalue weighted by atomic mass is 9.91. The van der Waals surface area contributed by atoms with Gasteiger partial charge in [-0.2, -0.15) is 4.98 Å². The Morgan fingerprint density at radius 3 is 2.54 bits per heavy atom. The molecule has 0 saturated heterocycles. The van der Waals surface area contributed by atoms with Crippen molar-refractivity contribution in [2.45, 2.75) is 44.7 Å². The average molecular weight is 422 g/mol. The van der Waals surface area contributed by atoms with Gasteiger partial charge in [0.05, 0.1) is 0 Å². The summed E-state index contributed by atoms with van der Waals surface area (Å²) in [7, 11) is 3.86. The van der Waals surface area contributed by atoms with E-state index < -0.39 is 0 Å². The van der Waals surface area contributed by atoms with Gasteiger partial charge < -0.3 is 20.0 Å². The van der Waals surface area contributed by atoms with E-state index in [0.29, 0.717) is 22.4 Å². The number of rotatable bonds is 5. The van der Waals surface area contributed by atoms with Crippen LogP contribution in [0.1, 0.15) is 41.8 Å². The number of halogens is 1. The number of nitrogens with zero attached hydrogens (tertiary/aromatic N) is 3. The number of carbonyl (C=O) groups is 1. The number of furan rings is 1. The molecule has 1 aliphatic carbocycles. The van der Waals surface area contributed by atoms with Gasteiger partial charge in [-0.05, 0) is 60.7 Å². The van der Waals surface area contributed by atoms with E-state index in [1.54, 1.807) is 12.1 Å². The Balaban J connectivity index is 1.52. The molecular weight excluding hydrogens is 398 g/mol. The predicted molar refractivity (Wildman–Crippen MR) is 105 cm³/mol. The first kappa shape index (κ1) is 18.7. The third-order valence-electron chi connectivity index (χ3n) is 4.56. The van der Waals surface area contributed by atoms with Crippen molar-refractivity contribution in [1.29, 1.82) is 0 Å². The summed E-state index contributed by atoms with van der Waals surface area (Å²) in [5.41, 5.74) is 1.04. The molecule has 1 fully saturated rings. The van der Waals surface area contributed by atoms with Gasteiger partial charge in [0.2, 0.25) is 5.95 Å². The summed E-state index contributed by atoms with van der Waals surface area (Å²) in [6.07, 6.45) is 5.66. The SMILES string of the molecule is Cc1cnc(N(C)C)nc1NC1CCC(NC(=O)c2ccc(Br)o2)CC1. The second kappa shape index (κ2) is 8.07. The fourth-order valence-electron chi connectivity index (χ4n) is 3.06. The van der Waals surface area contributed by atoms with Gasteiger partial charge in [-0.25, -0.2) is 4.98 Å². The zero-order valence-electron chi connectivity index (χ0n) is 15.3. The van der Waals surface area contributed by atoms with Gasteiger partial charge in [0, 0.05) is 37.9 Å². The Bertz CT molecular complexity index is 769. The monoisotopic (exact) mass is 421 g/mol. The Morgan fingerprint density at radius 1 is 1.23 bits per heavy atom. The van der Waals surface area contributed by atoms with Gasteiger partial charge in [0.25, 0.3) is 5.91 Å². The largest absolute Gasteiger partial charge is 0.444 e. The van der Waals surface area contributed by atoms with Crippen molar-refractivity contribution in [3.05, 3.63) is 34.3 Å². The molecule has 1 saturated carbocycles. The van der Waals surface area contributed by atoms with Crippen molar-refractivity contribution in [1.82, 2.24) is 15.3 Å². The summed E-state index contributed by atoms with van der Waals surface area (Å²) in [5, 5.41) is 6.59. The van der Waals surface area contributed by atoms with Gasteiger partial charge in [0.1, 0.15) is 5.82 Å². The quantitative estimate of drug-likeness (QED) is 0.769. The summed E-state index contributed by atoms with van der Waals surface area (Å²) in [5.74, 6) is 1.76. The van der Waals surface area contributed by atoms with Crippen LogP contribution in [0, 0.1) is 6.92 Å². The van der Waals surface area contributed by atoms with Crippen LogP contribution in [0.4, 0.5) is 11.8 Å². The van der Waals surface area contributed by atoms with E-state index in [1.807, 2.05) is 32.1 Å². The van der Waals surface area contributed by atoms with Crippen molar-refractivity contribution >= 4 is 33.6 Å². The Morgan fingerprint density at radius 2 is 1.92 bits per heavy atom. The van der Waals surface area contributed by atoms with Gasteiger partial charge in [-0.15, -0.1) is 0 Å². The number of amides is 1. The fraction of sp³-hybridized carbons (Fsp3) is 0.500. The molecule has 0 aliphatic heterocycles. The van der Waals surface area contributed by atoms with Crippen molar-refractivity contribution in [3.63, 3.8) is 0 Å². The topological polar surface area (TPSA) is 83.3 Å². The van der Waals surface area contributed by atoms with E-state index in [-0.39, 0.29) is 11.9 Å². The molecule has 0 radical (unpaired) electrons. The van der Waals surface area contributed by atoms with E-state index in [9.17, 15) is 4.79 Å². The molecule has 140 valence electrons. The predicted octanol–water partition coefficient (Wildman–Crippen LogP) is 3.36. The van der Waals surface area contributed by atoms with Crippen LogP contribution in [0.3, 0.4) is 0 Å². The third-order valence-corrected chi connectivity index (χ3v) is 4.99. The van der Waals surface area contributed by atoms with Gasteiger partial charge >= 0.3 is 0 Å². The number of aryl methyl sites for hydroxylation is 1. The Labute approximate surface area is 161 Å². The maximum atomic E-state index is 12.2. The molecule has 0 unspecified atom stereocenters. The molecule has 0 spiro atoms. The normalized spacial score (nSPS) is 19.8. The van der Waals surface area contributed by atoms with E-state index in [2.05, 4.69) is 36.5 Å². The molecule has 1 amide bonds. The summed E-state index contributed by atoms with van der Waals surface area (Å²) in [6.45, 7) is 2.01. The average Bonchev–Trinajstić information content (AvgIpc) is 3.05. The second-order valence-corrected chi connectivity index (χ2v) is 7.65. The van der Waals surface area contributed by atoms with Crippen LogP contribution in [0.2, 0.25) is 0 Å². The number of hydrogen-bond acceptors (Lipinski definition) is 6. The maximum Gasteiger partial charge on any atom is 0.287 e. The minimum atomic E-state index is -0.158. The first-order chi connectivity index (χ1) is 12.4. The number of aromatic nitrogens is 2. The molecule has 7 nitrogen and oxygen atoms in total. The van der Waals surface area contributed by atoms with E-state index >= 15 is 0 Å². The highest BCUT2D eigenvalue weighted by Gasteiger charge is 2.24. The Hall–Kier alpha value is -2.09. The summed E-state index contributed by atoms with van der Waals surface area (Å²) in [4.78, 5) is 23.0. The lowest BCUT2D eigenvalue weighted by molar-refractivity contribution is 0.0897. The van der Waals surface area contributed by atoms with E-state index in [4.69, 9.17) is 4.42 Å². The molecule has 0 aromatic carbocycles. The number of carbonyl (C=O) groups excluding carboxylic acids is 1. The van der Waals surface area contributed by atoms with Gasteiger partial charge in [-0.3, -0.25) is 4.79 Å². The van der Waals surface area contributed by atoms with Crippen LogP contribution >= 0.6 is 15.9 Å². The molecular formula is C18H24BrN5O2. The minimum absolute atomic E-state index is 0.158. The van der Waals surface area contributed by atoms with Crippen LogP contribution in [0.25, 0.3) is 0 Å².